The van der Waals surface area contributed by atoms with Crippen molar-refractivity contribution >= 4 is 11.6 Å². The Hall–Kier alpha value is -1.59. The van der Waals surface area contributed by atoms with Crippen molar-refractivity contribution in [2.45, 2.75) is 12.8 Å². The van der Waals surface area contributed by atoms with E-state index in [0.29, 0.717) is 26.2 Å². The Kier molecular flexibility index (Phi) is 8.42. The first kappa shape index (κ1) is 16.5. The molecule has 0 aromatic heterocycles. The van der Waals surface area contributed by atoms with Gasteiger partial charge in [0.1, 0.15) is 0 Å². The van der Waals surface area contributed by atoms with E-state index in [9.17, 15) is 4.79 Å². The highest BCUT2D eigenvalue weighted by Gasteiger charge is 2.03. The van der Waals surface area contributed by atoms with E-state index in [1.165, 1.54) is 0 Å². The van der Waals surface area contributed by atoms with Crippen LogP contribution in [0.1, 0.15) is 12.8 Å². The number of hydrogen-bond donors (Lipinski definition) is 2. The van der Waals surface area contributed by atoms with Gasteiger partial charge in [0.2, 0.25) is 5.91 Å². The molecule has 0 fully saturated rings. The standard InChI is InChI=1S/C15H24N2O3/c1-17(14-6-3-2-4-7-14)10-5-8-15(19)16-9-12-20-13-11-18/h2-4,6-7,18H,5,8-13H2,1H3,(H,16,19). The van der Waals surface area contributed by atoms with E-state index in [-0.39, 0.29) is 12.5 Å². The van der Waals surface area contributed by atoms with Crippen LogP contribution in [0.2, 0.25) is 0 Å². The molecule has 5 nitrogen and oxygen atoms in total. The van der Waals surface area contributed by atoms with Gasteiger partial charge in [-0.1, -0.05) is 18.2 Å². The molecule has 0 aliphatic heterocycles. The number of benzene rings is 1. The van der Waals surface area contributed by atoms with Gasteiger partial charge in [-0.25, -0.2) is 0 Å². The highest BCUT2D eigenvalue weighted by atomic mass is 16.5. The van der Waals surface area contributed by atoms with Gasteiger partial charge in [-0.15, -0.1) is 0 Å². The maximum Gasteiger partial charge on any atom is 0.220 e. The first-order valence-corrected chi connectivity index (χ1v) is 6.95. The fourth-order valence-corrected chi connectivity index (χ4v) is 1.81. The molecule has 1 rings (SSSR count). The van der Waals surface area contributed by atoms with E-state index in [1.807, 2.05) is 25.2 Å². The number of carbonyl (C=O) groups is 1. The molecule has 112 valence electrons. The predicted molar refractivity (Wildman–Crippen MR) is 79.9 cm³/mol. The number of rotatable bonds is 10. The lowest BCUT2D eigenvalue weighted by Gasteiger charge is -2.18. The van der Waals surface area contributed by atoms with E-state index in [0.717, 1.165) is 18.7 Å². The summed E-state index contributed by atoms with van der Waals surface area (Å²) < 4.78 is 5.06. The Morgan fingerprint density at radius 1 is 1.30 bits per heavy atom. The van der Waals surface area contributed by atoms with Crippen LogP contribution in [-0.2, 0) is 9.53 Å². The van der Waals surface area contributed by atoms with Crippen molar-refractivity contribution in [2.75, 3.05) is 44.9 Å². The van der Waals surface area contributed by atoms with Crippen molar-refractivity contribution in [2.24, 2.45) is 0 Å². The number of carbonyl (C=O) groups excluding carboxylic acids is 1. The Labute approximate surface area is 120 Å². The SMILES string of the molecule is CN(CCCC(=O)NCCOCCO)c1ccccc1. The molecule has 1 amide bonds. The van der Waals surface area contributed by atoms with Crippen LogP contribution >= 0.6 is 0 Å². The molecule has 1 aromatic rings. The predicted octanol–water partition coefficient (Wildman–Crippen LogP) is 1.03. The number of nitrogens with one attached hydrogen (secondary N) is 1. The van der Waals surface area contributed by atoms with E-state index in [4.69, 9.17) is 9.84 Å². The zero-order valence-corrected chi connectivity index (χ0v) is 12.0. The number of amides is 1. The van der Waals surface area contributed by atoms with Crippen molar-refractivity contribution in [3.8, 4) is 0 Å². The van der Waals surface area contributed by atoms with Crippen molar-refractivity contribution in [1.82, 2.24) is 5.32 Å². The second kappa shape index (κ2) is 10.2. The van der Waals surface area contributed by atoms with Crippen molar-refractivity contribution in [3.05, 3.63) is 30.3 Å². The molecule has 5 heteroatoms. The molecule has 2 N–H and O–H groups in total. The summed E-state index contributed by atoms with van der Waals surface area (Å²) in [4.78, 5) is 13.7. The number of anilines is 1. The second-order valence-corrected chi connectivity index (χ2v) is 4.55. The maximum atomic E-state index is 11.6. The van der Waals surface area contributed by atoms with Crippen LogP contribution in [-0.4, -0.2) is 51.0 Å². The van der Waals surface area contributed by atoms with Gasteiger partial charge in [-0.05, 0) is 18.6 Å². The van der Waals surface area contributed by atoms with Gasteiger partial charge in [0.05, 0.1) is 19.8 Å². The minimum Gasteiger partial charge on any atom is -0.394 e. The molecule has 0 saturated heterocycles. The normalized spacial score (nSPS) is 10.3. The molecule has 0 radical (unpaired) electrons. The molecular weight excluding hydrogens is 256 g/mol. The Balaban J connectivity index is 2.07. The van der Waals surface area contributed by atoms with E-state index in [2.05, 4.69) is 22.3 Å². The third-order valence-electron chi connectivity index (χ3n) is 2.90. The highest BCUT2D eigenvalue weighted by Crippen LogP contribution is 2.11. The molecule has 0 unspecified atom stereocenters. The number of aliphatic hydroxyl groups excluding tert-OH is 1. The fourth-order valence-electron chi connectivity index (χ4n) is 1.81. The Morgan fingerprint density at radius 3 is 2.75 bits per heavy atom. The average Bonchev–Trinajstić information content (AvgIpc) is 2.48. The summed E-state index contributed by atoms with van der Waals surface area (Å²) >= 11 is 0. The number of aliphatic hydroxyl groups is 1. The highest BCUT2D eigenvalue weighted by molar-refractivity contribution is 5.75. The summed E-state index contributed by atoms with van der Waals surface area (Å²) in [6.07, 6.45) is 1.33. The molecule has 1 aromatic carbocycles. The quantitative estimate of drug-likeness (QED) is 0.628. The third kappa shape index (κ3) is 7.11. The van der Waals surface area contributed by atoms with Gasteiger partial charge in [0, 0.05) is 32.2 Å². The first-order valence-electron chi connectivity index (χ1n) is 6.95. The van der Waals surface area contributed by atoms with Crippen LogP contribution in [0.25, 0.3) is 0 Å². The lowest BCUT2D eigenvalue weighted by Crippen LogP contribution is -2.28. The summed E-state index contributed by atoms with van der Waals surface area (Å²) in [5.41, 5.74) is 1.16. The summed E-state index contributed by atoms with van der Waals surface area (Å²) in [5, 5.41) is 11.3. The van der Waals surface area contributed by atoms with Crippen molar-refractivity contribution in [3.63, 3.8) is 0 Å². The number of ether oxygens (including phenoxy) is 1. The fraction of sp³-hybridized carbons (Fsp3) is 0.533. The number of para-hydroxylation sites is 1. The summed E-state index contributed by atoms with van der Waals surface area (Å²) in [7, 11) is 2.02. The van der Waals surface area contributed by atoms with Crippen LogP contribution in [0.4, 0.5) is 5.69 Å². The monoisotopic (exact) mass is 280 g/mol. The summed E-state index contributed by atoms with van der Waals surface area (Å²) in [5.74, 6) is 0.0408. The van der Waals surface area contributed by atoms with Crippen LogP contribution in [0.3, 0.4) is 0 Å². The topological polar surface area (TPSA) is 61.8 Å². The number of hydrogen-bond acceptors (Lipinski definition) is 4. The smallest absolute Gasteiger partial charge is 0.220 e. The summed E-state index contributed by atoms with van der Waals surface area (Å²) in [6, 6.07) is 10.1. The Morgan fingerprint density at radius 2 is 2.05 bits per heavy atom. The van der Waals surface area contributed by atoms with E-state index < -0.39 is 0 Å². The zero-order chi connectivity index (χ0) is 14.6. The zero-order valence-electron chi connectivity index (χ0n) is 12.0. The van der Waals surface area contributed by atoms with Crippen LogP contribution in [0, 0.1) is 0 Å². The van der Waals surface area contributed by atoms with Gasteiger partial charge >= 0.3 is 0 Å². The van der Waals surface area contributed by atoms with Gasteiger partial charge in [-0.2, -0.15) is 0 Å². The molecular formula is C15H24N2O3. The molecule has 0 aliphatic rings. The minimum absolute atomic E-state index is 0.0137. The third-order valence-corrected chi connectivity index (χ3v) is 2.90. The lowest BCUT2D eigenvalue weighted by atomic mass is 10.2. The number of nitrogens with zero attached hydrogens (tertiary/aromatic N) is 1. The lowest BCUT2D eigenvalue weighted by molar-refractivity contribution is -0.121. The van der Waals surface area contributed by atoms with Crippen molar-refractivity contribution in [1.29, 1.82) is 0 Å². The van der Waals surface area contributed by atoms with Crippen LogP contribution < -0.4 is 10.2 Å². The van der Waals surface area contributed by atoms with E-state index >= 15 is 0 Å². The van der Waals surface area contributed by atoms with Crippen LogP contribution in [0.15, 0.2) is 30.3 Å². The van der Waals surface area contributed by atoms with E-state index in [1.54, 1.807) is 0 Å². The largest absolute Gasteiger partial charge is 0.394 e. The molecule has 0 aliphatic carbocycles. The molecule has 0 spiro atoms. The average molecular weight is 280 g/mol. The summed E-state index contributed by atoms with van der Waals surface area (Å²) in [6.45, 7) is 2.11. The molecule has 0 atom stereocenters. The molecule has 0 heterocycles. The first-order chi connectivity index (χ1) is 9.74. The van der Waals surface area contributed by atoms with Gasteiger partial charge in [-0.3, -0.25) is 4.79 Å². The minimum atomic E-state index is 0.0137. The van der Waals surface area contributed by atoms with Gasteiger partial charge < -0.3 is 20.1 Å². The van der Waals surface area contributed by atoms with Crippen molar-refractivity contribution < 1.29 is 14.6 Å². The molecule has 0 saturated carbocycles. The molecule has 0 bridgehead atoms. The van der Waals surface area contributed by atoms with Gasteiger partial charge in [0.25, 0.3) is 0 Å². The van der Waals surface area contributed by atoms with Gasteiger partial charge in [0.15, 0.2) is 0 Å². The molecule has 20 heavy (non-hydrogen) atoms. The van der Waals surface area contributed by atoms with Crippen LogP contribution in [0.5, 0.6) is 0 Å². The second-order valence-electron chi connectivity index (χ2n) is 4.55. The Bertz CT molecular complexity index is 371. The maximum absolute atomic E-state index is 11.6.